The molecule has 0 saturated heterocycles. The summed E-state index contributed by atoms with van der Waals surface area (Å²) in [6, 6.07) is 25.3. The van der Waals surface area contributed by atoms with Crippen LogP contribution in [0, 0.1) is 0 Å². The van der Waals surface area contributed by atoms with Crippen LogP contribution in [0.25, 0.3) is 22.5 Å². The van der Waals surface area contributed by atoms with Gasteiger partial charge in [0.15, 0.2) is 0 Å². The molecule has 2 N–H and O–H groups in total. The lowest BCUT2D eigenvalue weighted by molar-refractivity contribution is 0.102. The van der Waals surface area contributed by atoms with E-state index in [1.54, 1.807) is 6.20 Å². The Hall–Kier alpha value is -3.66. The third-order valence-corrected chi connectivity index (χ3v) is 4.85. The van der Waals surface area contributed by atoms with Crippen molar-refractivity contribution in [2.45, 2.75) is 19.8 Å². The standard InChI is InChI=1S/C25H23N3O/c1-17(2)23-22(25(29)27-19-13-7-4-8-14-19)21(18-11-5-3-6-12-18)24(28-23)20-15-9-10-16-26-20/h3-17,28H,1-2H3,(H,27,29). The topological polar surface area (TPSA) is 57.8 Å². The van der Waals surface area contributed by atoms with Gasteiger partial charge in [-0.1, -0.05) is 68.4 Å². The third kappa shape index (κ3) is 3.83. The molecule has 4 aromatic rings. The molecule has 29 heavy (non-hydrogen) atoms. The van der Waals surface area contributed by atoms with E-state index in [9.17, 15) is 4.79 Å². The Labute approximate surface area is 170 Å². The first kappa shape index (κ1) is 18.7. The zero-order chi connectivity index (χ0) is 20.2. The van der Waals surface area contributed by atoms with Crippen molar-refractivity contribution in [3.05, 3.63) is 96.3 Å². The molecule has 0 radical (unpaired) electrons. The van der Waals surface area contributed by atoms with Gasteiger partial charge in [-0.05, 0) is 35.7 Å². The molecule has 4 heteroatoms. The minimum atomic E-state index is -0.128. The molecule has 4 nitrogen and oxygen atoms in total. The van der Waals surface area contributed by atoms with Crippen molar-refractivity contribution in [3.63, 3.8) is 0 Å². The van der Waals surface area contributed by atoms with E-state index in [1.807, 2.05) is 78.9 Å². The summed E-state index contributed by atoms with van der Waals surface area (Å²) in [5.74, 6) is 0.0173. The minimum Gasteiger partial charge on any atom is -0.356 e. The predicted octanol–water partition coefficient (Wildman–Crippen LogP) is 6.12. The maximum atomic E-state index is 13.4. The predicted molar refractivity (Wildman–Crippen MR) is 118 cm³/mol. The fourth-order valence-corrected chi connectivity index (χ4v) is 3.50. The third-order valence-electron chi connectivity index (χ3n) is 4.85. The van der Waals surface area contributed by atoms with Crippen molar-refractivity contribution in [1.82, 2.24) is 9.97 Å². The average Bonchev–Trinajstić information content (AvgIpc) is 3.17. The average molecular weight is 381 g/mol. The summed E-state index contributed by atoms with van der Waals surface area (Å²) in [7, 11) is 0. The molecule has 0 aliphatic heterocycles. The van der Waals surface area contributed by atoms with Crippen molar-refractivity contribution in [2.24, 2.45) is 0 Å². The van der Waals surface area contributed by atoms with Crippen LogP contribution in [0.3, 0.4) is 0 Å². The Morgan fingerprint density at radius 3 is 2.17 bits per heavy atom. The highest BCUT2D eigenvalue weighted by Gasteiger charge is 2.26. The number of carbonyl (C=O) groups is 1. The van der Waals surface area contributed by atoms with E-state index in [1.165, 1.54) is 0 Å². The number of pyridine rings is 1. The van der Waals surface area contributed by atoms with Gasteiger partial charge in [-0.15, -0.1) is 0 Å². The smallest absolute Gasteiger partial charge is 0.258 e. The second-order valence-corrected chi connectivity index (χ2v) is 7.22. The molecule has 0 fully saturated rings. The van der Waals surface area contributed by atoms with E-state index in [-0.39, 0.29) is 11.8 Å². The normalized spacial score (nSPS) is 10.9. The molecule has 0 bridgehead atoms. The number of anilines is 1. The summed E-state index contributed by atoms with van der Waals surface area (Å²) < 4.78 is 0. The van der Waals surface area contributed by atoms with Gasteiger partial charge in [0.25, 0.3) is 5.91 Å². The largest absolute Gasteiger partial charge is 0.356 e. The van der Waals surface area contributed by atoms with Gasteiger partial charge in [-0.3, -0.25) is 9.78 Å². The van der Waals surface area contributed by atoms with Gasteiger partial charge in [0.1, 0.15) is 0 Å². The van der Waals surface area contributed by atoms with E-state index in [2.05, 4.69) is 29.1 Å². The maximum Gasteiger partial charge on any atom is 0.258 e. The fraction of sp³-hybridized carbons (Fsp3) is 0.120. The molecular weight excluding hydrogens is 358 g/mol. The van der Waals surface area contributed by atoms with Crippen molar-refractivity contribution >= 4 is 11.6 Å². The van der Waals surface area contributed by atoms with Crippen molar-refractivity contribution in [2.75, 3.05) is 5.32 Å². The van der Waals surface area contributed by atoms with Gasteiger partial charge < -0.3 is 10.3 Å². The van der Waals surface area contributed by atoms with Gasteiger partial charge >= 0.3 is 0 Å². The number of para-hydroxylation sites is 1. The lowest BCUT2D eigenvalue weighted by Crippen LogP contribution is -2.14. The number of aromatic nitrogens is 2. The van der Waals surface area contributed by atoms with E-state index in [4.69, 9.17) is 0 Å². The van der Waals surface area contributed by atoms with E-state index < -0.39 is 0 Å². The summed E-state index contributed by atoms with van der Waals surface area (Å²) in [5, 5.41) is 3.05. The lowest BCUT2D eigenvalue weighted by Gasteiger charge is -2.11. The second kappa shape index (κ2) is 8.15. The van der Waals surface area contributed by atoms with Crippen LogP contribution in [-0.4, -0.2) is 15.9 Å². The summed E-state index contributed by atoms with van der Waals surface area (Å²) in [4.78, 5) is 21.5. The molecule has 0 aliphatic carbocycles. The van der Waals surface area contributed by atoms with E-state index in [0.717, 1.165) is 33.9 Å². The summed E-state index contributed by atoms with van der Waals surface area (Å²) in [5.41, 5.74) is 5.86. The van der Waals surface area contributed by atoms with Crippen LogP contribution < -0.4 is 5.32 Å². The van der Waals surface area contributed by atoms with E-state index in [0.29, 0.717) is 5.56 Å². The van der Waals surface area contributed by atoms with Crippen molar-refractivity contribution in [1.29, 1.82) is 0 Å². The highest BCUT2D eigenvalue weighted by atomic mass is 16.1. The number of carbonyl (C=O) groups excluding carboxylic acids is 1. The van der Waals surface area contributed by atoms with Crippen molar-refractivity contribution in [3.8, 4) is 22.5 Å². The molecule has 0 saturated carbocycles. The maximum absolute atomic E-state index is 13.4. The van der Waals surface area contributed by atoms with Gasteiger partial charge in [0.05, 0.1) is 17.0 Å². The molecule has 0 atom stereocenters. The zero-order valence-electron chi connectivity index (χ0n) is 16.5. The number of hydrogen-bond donors (Lipinski definition) is 2. The van der Waals surface area contributed by atoms with Gasteiger partial charge in [0, 0.05) is 23.1 Å². The molecule has 1 amide bonds. The Morgan fingerprint density at radius 1 is 0.897 bits per heavy atom. The lowest BCUT2D eigenvalue weighted by atomic mass is 9.95. The van der Waals surface area contributed by atoms with Gasteiger partial charge in [-0.2, -0.15) is 0 Å². The van der Waals surface area contributed by atoms with Crippen LogP contribution in [0.5, 0.6) is 0 Å². The Kier molecular flexibility index (Phi) is 5.25. The summed E-state index contributed by atoms with van der Waals surface area (Å²) in [6.07, 6.45) is 1.77. The van der Waals surface area contributed by atoms with Gasteiger partial charge in [-0.25, -0.2) is 0 Å². The Morgan fingerprint density at radius 2 is 1.55 bits per heavy atom. The first-order valence-corrected chi connectivity index (χ1v) is 9.74. The summed E-state index contributed by atoms with van der Waals surface area (Å²) in [6.45, 7) is 4.17. The quantitative estimate of drug-likeness (QED) is 0.437. The molecule has 0 unspecified atom stereocenters. The number of benzene rings is 2. The minimum absolute atomic E-state index is 0.128. The monoisotopic (exact) mass is 381 g/mol. The van der Waals surface area contributed by atoms with Gasteiger partial charge in [0.2, 0.25) is 0 Å². The van der Waals surface area contributed by atoms with Crippen LogP contribution in [0.4, 0.5) is 5.69 Å². The number of rotatable bonds is 5. The summed E-state index contributed by atoms with van der Waals surface area (Å²) >= 11 is 0. The first-order chi connectivity index (χ1) is 14.1. The molecule has 2 aromatic heterocycles. The molecule has 2 aromatic carbocycles. The highest BCUT2D eigenvalue weighted by Crippen LogP contribution is 2.38. The SMILES string of the molecule is CC(C)c1[nH]c(-c2ccccn2)c(-c2ccccc2)c1C(=O)Nc1ccccc1. The number of aromatic amines is 1. The van der Waals surface area contributed by atoms with Crippen LogP contribution in [0.1, 0.15) is 35.8 Å². The molecule has 144 valence electrons. The van der Waals surface area contributed by atoms with Crippen LogP contribution >= 0.6 is 0 Å². The van der Waals surface area contributed by atoms with Crippen LogP contribution in [-0.2, 0) is 0 Å². The highest BCUT2D eigenvalue weighted by molar-refractivity contribution is 6.12. The molecule has 2 heterocycles. The molecule has 0 aliphatic rings. The Balaban J connectivity index is 1.93. The zero-order valence-corrected chi connectivity index (χ0v) is 16.5. The molecule has 0 spiro atoms. The fourth-order valence-electron chi connectivity index (χ4n) is 3.50. The van der Waals surface area contributed by atoms with Crippen molar-refractivity contribution < 1.29 is 4.79 Å². The number of nitrogens with one attached hydrogen (secondary N) is 2. The Bertz CT molecular complexity index is 1100. The number of hydrogen-bond acceptors (Lipinski definition) is 2. The number of amides is 1. The molecule has 4 rings (SSSR count). The molecular formula is C25H23N3O. The van der Waals surface area contributed by atoms with E-state index >= 15 is 0 Å². The number of H-pyrrole nitrogens is 1. The second-order valence-electron chi connectivity index (χ2n) is 7.22. The first-order valence-electron chi connectivity index (χ1n) is 9.74. The number of nitrogens with zero attached hydrogens (tertiary/aromatic N) is 1. The van der Waals surface area contributed by atoms with Crippen LogP contribution in [0.2, 0.25) is 0 Å². The van der Waals surface area contributed by atoms with Crippen LogP contribution in [0.15, 0.2) is 85.1 Å².